The summed E-state index contributed by atoms with van der Waals surface area (Å²) < 4.78 is 0. The third kappa shape index (κ3) is 2.67. The van der Waals surface area contributed by atoms with Crippen LogP contribution in [0.1, 0.15) is 17.5 Å². The quantitative estimate of drug-likeness (QED) is 0.523. The van der Waals surface area contributed by atoms with E-state index < -0.39 is 11.6 Å². The van der Waals surface area contributed by atoms with Crippen LogP contribution in [-0.2, 0) is 10.4 Å². The summed E-state index contributed by atoms with van der Waals surface area (Å²) in [6.07, 6.45) is 3.63. The lowest BCUT2D eigenvalue weighted by molar-refractivity contribution is -0.159. The van der Waals surface area contributed by atoms with Gasteiger partial charge in [0.25, 0.3) is 0 Å². The van der Waals surface area contributed by atoms with Crippen LogP contribution < -0.4 is 0 Å². The lowest BCUT2D eigenvalue weighted by Crippen LogP contribution is -2.36. The highest BCUT2D eigenvalue weighted by Crippen LogP contribution is 2.33. The maximum atomic E-state index is 11.0. The Morgan fingerprint density at radius 3 is 2.65 bits per heavy atom. The molecule has 5 heteroatoms. The number of hydrogen-bond acceptors (Lipinski definition) is 4. The highest BCUT2D eigenvalue weighted by Gasteiger charge is 2.39. The van der Waals surface area contributed by atoms with Crippen molar-refractivity contribution in [2.24, 2.45) is 0 Å². The number of nitrogens with zero attached hydrogens (tertiary/aromatic N) is 1. The predicted molar refractivity (Wildman–Crippen MR) is 66.2 cm³/mol. The molecule has 0 heterocycles. The second-order valence-electron chi connectivity index (χ2n) is 3.46. The van der Waals surface area contributed by atoms with Crippen molar-refractivity contribution < 1.29 is 15.0 Å². The van der Waals surface area contributed by atoms with Gasteiger partial charge in [-0.3, -0.25) is 0 Å². The topological polar surface area (TPSA) is 81.3 Å². The molecule has 0 bridgehead atoms. The van der Waals surface area contributed by atoms with Gasteiger partial charge in [-0.1, -0.05) is 49.0 Å². The Morgan fingerprint density at radius 2 is 2.06 bits per heavy atom. The minimum Gasteiger partial charge on any atom is -0.479 e. The van der Waals surface area contributed by atoms with Gasteiger partial charge in [-0.05, 0) is 5.56 Å². The Kier molecular flexibility index (Phi) is 4.32. The zero-order valence-electron chi connectivity index (χ0n) is 8.87. The first-order chi connectivity index (χ1) is 8.06. The van der Waals surface area contributed by atoms with Gasteiger partial charge in [0, 0.05) is 12.0 Å². The molecule has 0 aliphatic heterocycles. The Morgan fingerprint density at radius 1 is 1.47 bits per heavy atom. The molecule has 0 saturated carbocycles. The number of carboxylic acid groups (broad SMARTS) is 1. The molecule has 88 valence electrons. The van der Waals surface area contributed by atoms with Crippen molar-refractivity contribution in [2.45, 2.75) is 12.0 Å². The van der Waals surface area contributed by atoms with Crippen molar-refractivity contribution in [2.75, 3.05) is 0 Å². The first-order valence-electron chi connectivity index (χ1n) is 4.81. The highest BCUT2D eigenvalue weighted by atomic mass is 32.1. The van der Waals surface area contributed by atoms with E-state index in [0.29, 0.717) is 5.56 Å². The van der Waals surface area contributed by atoms with E-state index in [1.165, 1.54) is 5.40 Å². The molecule has 0 amide bonds. The number of benzene rings is 1. The molecule has 0 aromatic heterocycles. The largest absolute Gasteiger partial charge is 0.479 e. The molecule has 1 aromatic carbocycles. The predicted octanol–water partition coefficient (Wildman–Crippen LogP) is 1.77. The van der Waals surface area contributed by atoms with Crippen molar-refractivity contribution in [1.82, 2.24) is 0 Å². The van der Waals surface area contributed by atoms with Crippen LogP contribution in [0.2, 0.25) is 0 Å². The number of aliphatic hydroxyl groups is 1. The molecule has 0 fully saturated rings. The number of hydrogen-bond donors (Lipinski definition) is 3. The van der Waals surface area contributed by atoms with E-state index in [1.54, 1.807) is 24.3 Å². The molecular weight excluding hydrogens is 238 g/mol. The average molecular weight is 249 g/mol. The third-order valence-electron chi connectivity index (χ3n) is 2.47. The fourth-order valence-corrected chi connectivity index (χ4v) is 1.69. The number of aliphatic carboxylic acids is 1. The Labute approximate surface area is 104 Å². The summed E-state index contributed by atoms with van der Waals surface area (Å²) in [5, 5.41) is 27.5. The van der Waals surface area contributed by atoms with Crippen LogP contribution in [0.15, 0.2) is 30.3 Å². The molecule has 0 saturated heterocycles. The molecule has 17 heavy (non-hydrogen) atoms. The fraction of sp³-hybridized carbons (Fsp3) is 0.167. The number of fused-ring (bicyclic) bond motifs is 1. The maximum absolute atomic E-state index is 11.0. The van der Waals surface area contributed by atoms with E-state index in [2.05, 4.69) is 12.6 Å². The van der Waals surface area contributed by atoms with Gasteiger partial charge in [-0.15, -0.1) is 0 Å². The van der Waals surface area contributed by atoms with Gasteiger partial charge in [0.15, 0.2) is 5.60 Å². The second kappa shape index (κ2) is 5.53. The Balaban J connectivity index is 0.000000437. The van der Waals surface area contributed by atoms with Gasteiger partial charge in [0.2, 0.25) is 0 Å². The van der Waals surface area contributed by atoms with Crippen LogP contribution in [-0.4, -0.2) is 16.2 Å². The second-order valence-corrected chi connectivity index (χ2v) is 3.66. The van der Waals surface area contributed by atoms with Crippen LogP contribution in [0.5, 0.6) is 0 Å². The molecular formula is C12H11NO3S. The van der Waals surface area contributed by atoms with Crippen LogP contribution in [0, 0.1) is 10.7 Å². The van der Waals surface area contributed by atoms with E-state index in [-0.39, 0.29) is 6.42 Å². The van der Waals surface area contributed by atoms with Crippen LogP contribution in [0.3, 0.4) is 0 Å². The molecule has 0 spiro atoms. The first kappa shape index (κ1) is 13.3. The zero-order valence-corrected chi connectivity index (χ0v) is 9.76. The molecule has 1 aromatic rings. The molecule has 1 aliphatic rings. The van der Waals surface area contributed by atoms with Gasteiger partial charge < -0.3 is 10.2 Å². The number of carboxylic acids is 1. The standard InChI is InChI=1S/C11H10O3.CHNS/c12-10(13)11(14)7-3-5-8-4-1-2-6-9(8)11;2-1-3/h1-6,14H,7H2,(H,12,13);3H. The third-order valence-corrected chi connectivity index (χ3v) is 2.47. The Hall–Kier alpha value is -1.77. The molecule has 2 N–H and O–H groups in total. The minimum atomic E-state index is -1.76. The van der Waals surface area contributed by atoms with Gasteiger partial charge >= 0.3 is 5.97 Å². The van der Waals surface area contributed by atoms with Gasteiger partial charge in [0.05, 0.1) is 0 Å². The lowest BCUT2D eigenvalue weighted by Gasteiger charge is -2.27. The number of thiol groups is 1. The summed E-state index contributed by atoms with van der Waals surface area (Å²) in [5.41, 5.74) is -0.524. The molecule has 1 unspecified atom stereocenters. The molecule has 1 atom stereocenters. The van der Waals surface area contributed by atoms with Gasteiger partial charge in [0.1, 0.15) is 5.40 Å². The number of rotatable bonds is 1. The van der Waals surface area contributed by atoms with E-state index in [4.69, 9.17) is 10.4 Å². The summed E-state index contributed by atoms with van der Waals surface area (Å²) in [6, 6.07) is 6.98. The van der Waals surface area contributed by atoms with Gasteiger partial charge in [-0.2, -0.15) is 5.26 Å². The van der Waals surface area contributed by atoms with E-state index in [1.807, 2.05) is 12.1 Å². The normalized spacial score (nSPS) is 20.5. The molecule has 2 rings (SSSR count). The summed E-state index contributed by atoms with van der Waals surface area (Å²) in [7, 11) is 0. The van der Waals surface area contributed by atoms with Crippen molar-refractivity contribution in [1.29, 1.82) is 5.26 Å². The summed E-state index contributed by atoms with van der Waals surface area (Å²) >= 11 is 3.09. The van der Waals surface area contributed by atoms with Crippen LogP contribution in [0.4, 0.5) is 0 Å². The van der Waals surface area contributed by atoms with E-state index >= 15 is 0 Å². The average Bonchev–Trinajstić information content (AvgIpc) is 2.30. The van der Waals surface area contributed by atoms with Gasteiger partial charge in [-0.25, -0.2) is 4.79 Å². The summed E-state index contributed by atoms with van der Waals surface area (Å²) in [4.78, 5) is 11.0. The van der Waals surface area contributed by atoms with Crippen molar-refractivity contribution in [3.63, 3.8) is 0 Å². The van der Waals surface area contributed by atoms with Crippen LogP contribution >= 0.6 is 12.6 Å². The summed E-state index contributed by atoms with van der Waals surface area (Å²) in [6.45, 7) is 0. The molecule has 0 radical (unpaired) electrons. The van der Waals surface area contributed by atoms with E-state index in [0.717, 1.165) is 5.56 Å². The SMILES string of the molecule is N#CS.O=C(O)C1(O)CC=Cc2ccccc21. The van der Waals surface area contributed by atoms with Crippen molar-refractivity contribution in [3.8, 4) is 5.40 Å². The molecule has 1 aliphatic carbocycles. The number of carbonyl (C=O) groups is 1. The molecule has 4 nitrogen and oxygen atoms in total. The minimum absolute atomic E-state index is 0.124. The first-order valence-corrected chi connectivity index (χ1v) is 5.26. The van der Waals surface area contributed by atoms with Crippen LogP contribution in [0.25, 0.3) is 6.08 Å². The monoisotopic (exact) mass is 249 g/mol. The van der Waals surface area contributed by atoms with Crippen molar-refractivity contribution >= 4 is 24.7 Å². The summed E-state index contributed by atoms with van der Waals surface area (Å²) in [5.74, 6) is -1.20. The smallest absolute Gasteiger partial charge is 0.340 e. The number of thiocyanates is 1. The number of nitriles is 1. The van der Waals surface area contributed by atoms with E-state index in [9.17, 15) is 9.90 Å². The fourth-order valence-electron chi connectivity index (χ4n) is 1.69. The van der Waals surface area contributed by atoms with Crippen molar-refractivity contribution in [3.05, 3.63) is 41.5 Å². The lowest BCUT2D eigenvalue weighted by atomic mass is 9.83. The Bertz CT molecular complexity index is 493. The zero-order chi connectivity index (χ0) is 12.9. The highest BCUT2D eigenvalue weighted by molar-refractivity contribution is 7.85. The maximum Gasteiger partial charge on any atom is 0.340 e.